The molecule has 4 unspecified atom stereocenters. The highest BCUT2D eigenvalue weighted by atomic mass is 16.5. The fourth-order valence-corrected chi connectivity index (χ4v) is 3.37. The first-order chi connectivity index (χ1) is 8.72. The van der Waals surface area contributed by atoms with Gasteiger partial charge in [0.25, 0.3) is 0 Å². The number of piperidine rings is 1. The van der Waals surface area contributed by atoms with Crippen molar-refractivity contribution in [2.24, 2.45) is 5.92 Å². The molecule has 2 heterocycles. The summed E-state index contributed by atoms with van der Waals surface area (Å²) >= 11 is 0. The SMILES string of the molecule is CCCNC1CCN(CC2CCCO2)C(C)C1C. The van der Waals surface area contributed by atoms with Crippen LogP contribution in [-0.4, -0.2) is 49.3 Å². The Morgan fingerprint density at radius 3 is 2.78 bits per heavy atom. The van der Waals surface area contributed by atoms with E-state index in [9.17, 15) is 0 Å². The fraction of sp³-hybridized carbons (Fsp3) is 1.00. The number of ether oxygens (including phenoxy) is 1. The molecule has 0 aromatic heterocycles. The van der Waals surface area contributed by atoms with Crippen molar-refractivity contribution in [1.29, 1.82) is 0 Å². The highest BCUT2D eigenvalue weighted by Crippen LogP contribution is 2.25. The first kappa shape index (κ1) is 14.3. The van der Waals surface area contributed by atoms with E-state index in [1.807, 2.05) is 0 Å². The van der Waals surface area contributed by atoms with Crippen molar-refractivity contribution >= 4 is 0 Å². The number of hydrogen-bond acceptors (Lipinski definition) is 3. The van der Waals surface area contributed by atoms with Gasteiger partial charge in [-0.15, -0.1) is 0 Å². The first-order valence-corrected chi connectivity index (χ1v) is 7.81. The molecule has 106 valence electrons. The van der Waals surface area contributed by atoms with Gasteiger partial charge in [0.05, 0.1) is 6.10 Å². The Morgan fingerprint density at radius 1 is 1.28 bits per heavy atom. The minimum absolute atomic E-state index is 0.500. The number of nitrogens with one attached hydrogen (secondary N) is 1. The molecule has 2 fully saturated rings. The van der Waals surface area contributed by atoms with Crippen LogP contribution in [0.15, 0.2) is 0 Å². The predicted octanol–water partition coefficient (Wildman–Crippen LogP) is 2.26. The summed E-state index contributed by atoms with van der Waals surface area (Å²) in [5.41, 5.74) is 0. The summed E-state index contributed by atoms with van der Waals surface area (Å²) in [7, 11) is 0. The molecule has 0 saturated carbocycles. The summed E-state index contributed by atoms with van der Waals surface area (Å²) in [5.74, 6) is 0.742. The molecule has 0 amide bonds. The Bertz CT molecular complexity index is 241. The average Bonchev–Trinajstić information content (AvgIpc) is 2.87. The Labute approximate surface area is 112 Å². The molecular weight excluding hydrogens is 224 g/mol. The monoisotopic (exact) mass is 254 g/mol. The van der Waals surface area contributed by atoms with Crippen LogP contribution in [0, 0.1) is 5.92 Å². The van der Waals surface area contributed by atoms with Crippen molar-refractivity contribution in [2.75, 3.05) is 26.2 Å². The van der Waals surface area contributed by atoms with Crippen LogP contribution < -0.4 is 5.32 Å². The number of hydrogen-bond donors (Lipinski definition) is 1. The number of rotatable bonds is 5. The van der Waals surface area contributed by atoms with Gasteiger partial charge in [0.2, 0.25) is 0 Å². The Morgan fingerprint density at radius 2 is 2.11 bits per heavy atom. The molecule has 0 spiro atoms. The van der Waals surface area contributed by atoms with E-state index in [0.29, 0.717) is 18.2 Å². The van der Waals surface area contributed by atoms with Gasteiger partial charge >= 0.3 is 0 Å². The molecule has 0 bridgehead atoms. The minimum Gasteiger partial charge on any atom is -0.377 e. The van der Waals surface area contributed by atoms with Crippen molar-refractivity contribution in [2.45, 2.75) is 64.6 Å². The summed E-state index contributed by atoms with van der Waals surface area (Å²) in [4.78, 5) is 2.64. The summed E-state index contributed by atoms with van der Waals surface area (Å²) in [5, 5.41) is 3.71. The summed E-state index contributed by atoms with van der Waals surface area (Å²) < 4.78 is 5.77. The Kier molecular flexibility index (Phi) is 5.46. The van der Waals surface area contributed by atoms with Crippen molar-refractivity contribution < 1.29 is 4.74 Å². The van der Waals surface area contributed by atoms with E-state index in [2.05, 4.69) is 31.0 Å². The van der Waals surface area contributed by atoms with Crippen LogP contribution in [0.2, 0.25) is 0 Å². The topological polar surface area (TPSA) is 24.5 Å². The van der Waals surface area contributed by atoms with Crippen LogP contribution in [0.3, 0.4) is 0 Å². The second-order valence-electron chi connectivity index (χ2n) is 6.08. The maximum Gasteiger partial charge on any atom is 0.0702 e. The molecule has 2 aliphatic rings. The van der Waals surface area contributed by atoms with Gasteiger partial charge in [-0.05, 0) is 45.1 Å². The summed E-state index contributed by atoms with van der Waals surface area (Å²) in [6, 6.07) is 1.39. The van der Waals surface area contributed by atoms with Gasteiger partial charge in [-0.25, -0.2) is 0 Å². The van der Waals surface area contributed by atoms with Crippen LogP contribution in [0.5, 0.6) is 0 Å². The van der Waals surface area contributed by atoms with Crippen molar-refractivity contribution in [1.82, 2.24) is 10.2 Å². The van der Waals surface area contributed by atoms with Crippen LogP contribution in [-0.2, 0) is 4.74 Å². The standard InChI is InChI=1S/C15H30N2O/c1-4-8-16-15-7-9-17(13(3)12(15)2)11-14-6-5-10-18-14/h12-16H,4-11H2,1-3H3. The predicted molar refractivity (Wildman–Crippen MR) is 75.9 cm³/mol. The molecule has 3 nitrogen and oxygen atoms in total. The van der Waals surface area contributed by atoms with Crippen LogP contribution in [0.4, 0.5) is 0 Å². The van der Waals surface area contributed by atoms with Gasteiger partial charge in [0, 0.05) is 31.8 Å². The van der Waals surface area contributed by atoms with Crippen LogP contribution in [0.1, 0.15) is 46.5 Å². The van der Waals surface area contributed by atoms with E-state index in [-0.39, 0.29) is 0 Å². The third-order valence-electron chi connectivity index (χ3n) is 4.82. The van der Waals surface area contributed by atoms with Crippen molar-refractivity contribution in [3.8, 4) is 0 Å². The number of nitrogens with zero attached hydrogens (tertiary/aromatic N) is 1. The largest absolute Gasteiger partial charge is 0.377 e. The van der Waals surface area contributed by atoms with Gasteiger partial charge in [0.15, 0.2) is 0 Å². The lowest BCUT2D eigenvalue weighted by molar-refractivity contribution is 0.0229. The second-order valence-corrected chi connectivity index (χ2v) is 6.08. The zero-order valence-corrected chi connectivity index (χ0v) is 12.3. The molecule has 0 radical (unpaired) electrons. The maximum atomic E-state index is 5.77. The van der Waals surface area contributed by atoms with Gasteiger partial charge in [-0.1, -0.05) is 13.8 Å². The summed E-state index contributed by atoms with van der Waals surface area (Å²) in [6.45, 7) is 11.5. The highest BCUT2D eigenvalue weighted by Gasteiger charge is 2.33. The van der Waals surface area contributed by atoms with E-state index in [4.69, 9.17) is 4.74 Å². The molecule has 0 aromatic rings. The maximum absolute atomic E-state index is 5.77. The smallest absolute Gasteiger partial charge is 0.0702 e. The Balaban J connectivity index is 1.81. The van der Waals surface area contributed by atoms with Gasteiger partial charge in [-0.3, -0.25) is 4.90 Å². The molecule has 2 rings (SSSR count). The Hall–Kier alpha value is -0.120. The van der Waals surface area contributed by atoms with E-state index in [1.54, 1.807) is 0 Å². The van der Waals surface area contributed by atoms with E-state index < -0.39 is 0 Å². The van der Waals surface area contributed by atoms with Crippen LogP contribution in [0.25, 0.3) is 0 Å². The normalized spacial score (nSPS) is 38.2. The third kappa shape index (κ3) is 3.46. The molecule has 2 aliphatic heterocycles. The van der Waals surface area contributed by atoms with Crippen LogP contribution >= 0.6 is 0 Å². The molecule has 2 saturated heterocycles. The molecule has 0 aromatic carbocycles. The summed E-state index contributed by atoms with van der Waals surface area (Å²) in [6.07, 6.45) is 5.54. The van der Waals surface area contributed by atoms with E-state index in [0.717, 1.165) is 25.6 Å². The molecule has 4 atom stereocenters. The molecule has 18 heavy (non-hydrogen) atoms. The highest BCUT2D eigenvalue weighted by molar-refractivity contribution is 4.89. The average molecular weight is 254 g/mol. The van der Waals surface area contributed by atoms with Gasteiger partial charge < -0.3 is 10.1 Å². The second kappa shape index (κ2) is 6.88. The van der Waals surface area contributed by atoms with Crippen molar-refractivity contribution in [3.05, 3.63) is 0 Å². The van der Waals surface area contributed by atoms with Gasteiger partial charge in [0.1, 0.15) is 0 Å². The zero-order chi connectivity index (χ0) is 13.0. The quantitative estimate of drug-likeness (QED) is 0.814. The fourth-order valence-electron chi connectivity index (χ4n) is 3.37. The molecule has 1 N–H and O–H groups in total. The molecule has 0 aliphatic carbocycles. The first-order valence-electron chi connectivity index (χ1n) is 7.81. The molecular formula is C15H30N2O. The lowest BCUT2D eigenvalue weighted by atomic mass is 9.86. The third-order valence-corrected chi connectivity index (χ3v) is 4.82. The van der Waals surface area contributed by atoms with E-state index in [1.165, 1.54) is 32.2 Å². The lowest BCUT2D eigenvalue weighted by Gasteiger charge is -2.43. The minimum atomic E-state index is 0.500. The van der Waals surface area contributed by atoms with E-state index >= 15 is 0 Å². The molecule has 3 heteroatoms. The lowest BCUT2D eigenvalue weighted by Crippen LogP contribution is -2.54. The van der Waals surface area contributed by atoms with Crippen molar-refractivity contribution in [3.63, 3.8) is 0 Å². The number of likely N-dealkylation sites (tertiary alicyclic amines) is 1. The van der Waals surface area contributed by atoms with Gasteiger partial charge in [-0.2, -0.15) is 0 Å². The zero-order valence-electron chi connectivity index (χ0n) is 12.3.